The van der Waals surface area contributed by atoms with Gasteiger partial charge in [0.15, 0.2) is 0 Å². The fourth-order valence-electron chi connectivity index (χ4n) is 2.21. The Morgan fingerprint density at radius 3 is 3.06 bits per heavy atom. The van der Waals surface area contributed by atoms with Gasteiger partial charge in [0.1, 0.15) is 5.82 Å². The van der Waals surface area contributed by atoms with Gasteiger partial charge in [-0.05, 0) is 37.1 Å². The molecule has 1 fully saturated rings. The Balaban J connectivity index is 2.05. The molecule has 0 radical (unpaired) electrons. The number of rotatable bonds is 2. The molecular weight excluding hydrogens is 203 g/mol. The molecule has 1 aliphatic rings. The third kappa shape index (κ3) is 2.80. The zero-order valence-corrected chi connectivity index (χ0v) is 9.96. The molecule has 2 rings (SSSR count). The predicted octanol–water partition coefficient (Wildman–Crippen LogP) is 1.93. The van der Waals surface area contributed by atoms with Crippen molar-refractivity contribution in [2.75, 3.05) is 19.6 Å². The molecule has 0 amide bonds. The molecule has 0 unspecified atom stereocenters. The Hall–Kier alpha value is -0.930. The van der Waals surface area contributed by atoms with E-state index in [0.717, 1.165) is 31.7 Å². The van der Waals surface area contributed by atoms with E-state index >= 15 is 0 Å². The van der Waals surface area contributed by atoms with Crippen LogP contribution < -0.4 is 5.32 Å². The van der Waals surface area contributed by atoms with Crippen LogP contribution in [-0.2, 0) is 6.54 Å². The summed E-state index contributed by atoms with van der Waals surface area (Å²) in [6.07, 6.45) is 0. The van der Waals surface area contributed by atoms with E-state index in [4.69, 9.17) is 0 Å². The number of nitrogens with zero attached hydrogens (tertiary/aromatic N) is 1. The molecule has 1 heterocycles. The SMILES string of the molecule is Cc1ccc(F)cc1CN1CCN[C@H](C)C1. The molecule has 0 spiro atoms. The van der Waals surface area contributed by atoms with Gasteiger partial charge < -0.3 is 5.32 Å². The Morgan fingerprint density at radius 2 is 2.31 bits per heavy atom. The summed E-state index contributed by atoms with van der Waals surface area (Å²) >= 11 is 0. The van der Waals surface area contributed by atoms with Gasteiger partial charge in [-0.3, -0.25) is 4.90 Å². The molecule has 1 saturated heterocycles. The average Bonchev–Trinajstić information content (AvgIpc) is 2.24. The van der Waals surface area contributed by atoms with Crippen molar-refractivity contribution in [2.24, 2.45) is 0 Å². The second-order valence-electron chi connectivity index (χ2n) is 4.66. The van der Waals surface area contributed by atoms with Gasteiger partial charge in [-0.1, -0.05) is 6.07 Å². The van der Waals surface area contributed by atoms with Crippen LogP contribution in [0.25, 0.3) is 0 Å². The van der Waals surface area contributed by atoms with Crippen molar-refractivity contribution in [3.63, 3.8) is 0 Å². The van der Waals surface area contributed by atoms with Gasteiger partial charge in [0.25, 0.3) is 0 Å². The second-order valence-corrected chi connectivity index (χ2v) is 4.66. The monoisotopic (exact) mass is 222 g/mol. The Labute approximate surface area is 96.5 Å². The summed E-state index contributed by atoms with van der Waals surface area (Å²) in [5.41, 5.74) is 2.28. The zero-order chi connectivity index (χ0) is 11.5. The highest BCUT2D eigenvalue weighted by atomic mass is 19.1. The minimum absolute atomic E-state index is 0.135. The second kappa shape index (κ2) is 4.93. The van der Waals surface area contributed by atoms with Crippen LogP contribution >= 0.6 is 0 Å². The molecule has 1 aromatic rings. The molecule has 0 aliphatic carbocycles. The molecule has 1 atom stereocenters. The zero-order valence-electron chi connectivity index (χ0n) is 9.96. The maximum atomic E-state index is 13.1. The molecule has 0 saturated carbocycles. The van der Waals surface area contributed by atoms with Crippen LogP contribution in [0.3, 0.4) is 0 Å². The quantitative estimate of drug-likeness (QED) is 0.822. The lowest BCUT2D eigenvalue weighted by atomic mass is 10.1. The van der Waals surface area contributed by atoms with Crippen molar-refractivity contribution in [3.05, 3.63) is 35.1 Å². The highest BCUT2D eigenvalue weighted by Gasteiger charge is 2.16. The van der Waals surface area contributed by atoms with Gasteiger partial charge in [0.2, 0.25) is 0 Å². The van der Waals surface area contributed by atoms with Crippen LogP contribution in [-0.4, -0.2) is 30.6 Å². The number of piperazine rings is 1. The third-order valence-corrected chi connectivity index (χ3v) is 3.16. The summed E-state index contributed by atoms with van der Waals surface area (Å²) in [6.45, 7) is 8.19. The summed E-state index contributed by atoms with van der Waals surface area (Å²) in [5, 5.41) is 3.41. The topological polar surface area (TPSA) is 15.3 Å². The predicted molar refractivity (Wildman–Crippen MR) is 63.9 cm³/mol. The van der Waals surface area contributed by atoms with Crippen LogP contribution in [0.15, 0.2) is 18.2 Å². The first kappa shape index (κ1) is 11.6. The summed E-state index contributed by atoms with van der Waals surface area (Å²) in [5.74, 6) is -0.135. The van der Waals surface area contributed by atoms with E-state index in [2.05, 4.69) is 17.1 Å². The average molecular weight is 222 g/mol. The number of hydrogen-bond donors (Lipinski definition) is 1. The Bertz CT molecular complexity index is 365. The summed E-state index contributed by atoms with van der Waals surface area (Å²) in [6, 6.07) is 5.57. The van der Waals surface area contributed by atoms with Crippen LogP contribution in [0.1, 0.15) is 18.1 Å². The molecule has 1 aliphatic heterocycles. The van der Waals surface area contributed by atoms with Gasteiger partial charge in [-0.2, -0.15) is 0 Å². The van der Waals surface area contributed by atoms with Crippen molar-refractivity contribution < 1.29 is 4.39 Å². The van der Waals surface area contributed by atoms with Crippen molar-refractivity contribution in [3.8, 4) is 0 Å². The standard InChI is InChI=1S/C13H19FN2/c1-10-3-4-13(14)7-12(10)9-16-6-5-15-11(2)8-16/h3-4,7,11,15H,5-6,8-9H2,1-2H3/t11-/m1/s1. The van der Waals surface area contributed by atoms with Crippen LogP contribution in [0.2, 0.25) is 0 Å². The number of hydrogen-bond acceptors (Lipinski definition) is 2. The first-order valence-electron chi connectivity index (χ1n) is 5.86. The first-order valence-corrected chi connectivity index (χ1v) is 5.86. The first-order chi connectivity index (χ1) is 7.65. The lowest BCUT2D eigenvalue weighted by molar-refractivity contribution is 0.199. The Kier molecular flexibility index (Phi) is 3.56. The largest absolute Gasteiger partial charge is 0.312 e. The van der Waals surface area contributed by atoms with Crippen LogP contribution in [0, 0.1) is 12.7 Å². The molecule has 1 aromatic carbocycles. The van der Waals surface area contributed by atoms with E-state index in [1.165, 1.54) is 11.6 Å². The third-order valence-electron chi connectivity index (χ3n) is 3.16. The van der Waals surface area contributed by atoms with E-state index in [1.807, 2.05) is 13.0 Å². The molecule has 1 N–H and O–H groups in total. The van der Waals surface area contributed by atoms with E-state index in [1.54, 1.807) is 6.07 Å². The van der Waals surface area contributed by atoms with Crippen molar-refractivity contribution in [1.82, 2.24) is 10.2 Å². The molecule has 0 bridgehead atoms. The van der Waals surface area contributed by atoms with Gasteiger partial charge in [-0.25, -0.2) is 4.39 Å². The molecule has 0 aromatic heterocycles. The molecule has 3 heteroatoms. The maximum Gasteiger partial charge on any atom is 0.123 e. The van der Waals surface area contributed by atoms with E-state index in [-0.39, 0.29) is 5.82 Å². The van der Waals surface area contributed by atoms with Crippen molar-refractivity contribution in [1.29, 1.82) is 0 Å². The smallest absolute Gasteiger partial charge is 0.123 e. The van der Waals surface area contributed by atoms with Crippen molar-refractivity contribution >= 4 is 0 Å². The lowest BCUT2D eigenvalue weighted by Gasteiger charge is -2.32. The van der Waals surface area contributed by atoms with Gasteiger partial charge in [-0.15, -0.1) is 0 Å². The lowest BCUT2D eigenvalue weighted by Crippen LogP contribution is -2.48. The molecule has 2 nitrogen and oxygen atoms in total. The normalized spacial score (nSPS) is 22.3. The van der Waals surface area contributed by atoms with Crippen LogP contribution in [0.5, 0.6) is 0 Å². The molecular formula is C13H19FN2. The highest BCUT2D eigenvalue weighted by molar-refractivity contribution is 5.26. The minimum atomic E-state index is -0.135. The summed E-state index contributed by atoms with van der Waals surface area (Å²) < 4.78 is 13.1. The van der Waals surface area contributed by atoms with E-state index in [0.29, 0.717) is 6.04 Å². The number of nitrogens with one attached hydrogen (secondary N) is 1. The van der Waals surface area contributed by atoms with Gasteiger partial charge >= 0.3 is 0 Å². The highest BCUT2D eigenvalue weighted by Crippen LogP contribution is 2.14. The Morgan fingerprint density at radius 1 is 1.50 bits per heavy atom. The van der Waals surface area contributed by atoms with Crippen molar-refractivity contribution in [2.45, 2.75) is 26.4 Å². The summed E-state index contributed by atoms with van der Waals surface area (Å²) in [4.78, 5) is 2.38. The van der Waals surface area contributed by atoms with E-state index < -0.39 is 0 Å². The summed E-state index contributed by atoms with van der Waals surface area (Å²) in [7, 11) is 0. The fraction of sp³-hybridized carbons (Fsp3) is 0.538. The maximum absolute atomic E-state index is 13.1. The number of halogens is 1. The minimum Gasteiger partial charge on any atom is -0.312 e. The molecule has 88 valence electrons. The molecule has 16 heavy (non-hydrogen) atoms. The van der Waals surface area contributed by atoms with E-state index in [9.17, 15) is 4.39 Å². The van der Waals surface area contributed by atoms with Crippen LogP contribution in [0.4, 0.5) is 4.39 Å². The van der Waals surface area contributed by atoms with Gasteiger partial charge in [0, 0.05) is 32.2 Å². The number of benzene rings is 1. The number of aryl methyl sites for hydroxylation is 1. The van der Waals surface area contributed by atoms with Gasteiger partial charge in [0.05, 0.1) is 0 Å². The fourth-order valence-corrected chi connectivity index (χ4v) is 2.21.